The molecule has 0 bridgehead atoms. The van der Waals surface area contributed by atoms with Crippen LogP contribution in [0.4, 0.5) is 5.69 Å². The Morgan fingerprint density at radius 3 is 2.52 bits per heavy atom. The molecule has 0 saturated carbocycles. The quantitative estimate of drug-likeness (QED) is 0.774. The number of hydrogen-bond donors (Lipinski definition) is 2. The predicted molar refractivity (Wildman–Crippen MR) is 96.7 cm³/mol. The van der Waals surface area contributed by atoms with Gasteiger partial charge in [0.05, 0.1) is 5.92 Å². The Morgan fingerprint density at radius 1 is 1.04 bits per heavy atom. The highest BCUT2D eigenvalue weighted by Gasteiger charge is 2.35. The molecule has 25 heavy (non-hydrogen) atoms. The highest BCUT2D eigenvalue weighted by molar-refractivity contribution is 9.10. The molecule has 3 amide bonds. The van der Waals surface area contributed by atoms with Crippen LogP contribution in [0.1, 0.15) is 16.8 Å². The van der Waals surface area contributed by atoms with Gasteiger partial charge in [0.1, 0.15) is 0 Å². The number of carbonyl (C=O) groups is 3. The first-order valence-electron chi connectivity index (χ1n) is 7.76. The lowest BCUT2D eigenvalue weighted by Gasteiger charge is -2.16. The van der Waals surface area contributed by atoms with Crippen LogP contribution < -0.4 is 15.8 Å². The van der Waals surface area contributed by atoms with Gasteiger partial charge in [0.2, 0.25) is 11.8 Å². The molecule has 1 saturated heterocycles. The Kier molecular flexibility index (Phi) is 5.14. The molecule has 0 radical (unpaired) electrons. The molecule has 1 aliphatic rings. The molecule has 7 heteroatoms. The summed E-state index contributed by atoms with van der Waals surface area (Å²) >= 11 is 3.29. The van der Waals surface area contributed by atoms with E-state index < -0.39 is 11.8 Å². The summed E-state index contributed by atoms with van der Waals surface area (Å²) in [7, 11) is 0. The fourth-order valence-electron chi connectivity index (χ4n) is 2.66. The zero-order chi connectivity index (χ0) is 17.8. The molecule has 0 aliphatic carbocycles. The summed E-state index contributed by atoms with van der Waals surface area (Å²) in [5.41, 5.74) is 5.97. The fourth-order valence-corrected chi connectivity index (χ4v) is 3.06. The molecule has 0 unspecified atom stereocenters. The number of anilines is 1. The Labute approximate surface area is 153 Å². The van der Waals surface area contributed by atoms with Gasteiger partial charge in [-0.2, -0.15) is 0 Å². The molecule has 2 aromatic carbocycles. The Balaban J connectivity index is 1.57. The summed E-state index contributed by atoms with van der Waals surface area (Å²) in [6, 6.07) is 16.0. The third kappa shape index (κ3) is 4.06. The van der Waals surface area contributed by atoms with Crippen molar-refractivity contribution >= 4 is 39.3 Å². The average Bonchev–Trinajstić information content (AvgIpc) is 3.02. The van der Waals surface area contributed by atoms with Gasteiger partial charge in [-0.15, -0.1) is 0 Å². The average molecular weight is 402 g/mol. The predicted octanol–water partition coefficient (Wildman–Crippen LogP) is 2.26. The second-order valence-electron chi connectivity index (χ2n) is 5.69. The van der Waals surface area contributed by atoms with Crippen molar-refractivity contribution in [2.45, 2.75) is 6.42 Å². The molecule has 1 fully saturated rings. The van der Waals surface area contributed by atoms with Crippen molar-refractivity contribution in [3.05, 3.63) is 64.6 Å². The smallest absolute Gasteiger partial charge is 0.269 e. The van der Waals surface area contributed by atoms with E-state index >= 15 is 0 Å². The summed E-state index contributed by atoms with van der Waals surface area (Å²) in [5.74, 6) is -1.41. The van der Waals surface area contributed by atoms with Crippen LogP contribution >= 0.6 is 15.9 Å². The number of hydrazine groups is 1. The summed E-state index contributed by atoms with van der Waals surface area (Å²) in [6.07, 6.45) is 0.119. The zero-order valence-electron chi connectivity index (χ0n) is 13.2. The van der Waals surface area contributed by atoms with Crippen LogP contribution in [-0.4, -0.2) is 24.3 Å². The van der Waals surface area contributed by atoms with Gasteiger partial charge >= 0.3 is 0 Å². The van der Waals surface area contributed by atoms with E-state index in [0.29, 0.717) is 12.1 Å². The second kappa shape index (κ2) is 7.48. The number of rotatable bonds is 3. The van der Waals surface area contributed by atoms with Crippen LogP contribution in [0.25, 0.3) is 0 Å². The summed E-state index contributed by atoms with van der Waals surface area (Å²) in [4.78, 5) is 38.0. The number of carbonyl (C=O) groups excluding carboxylic acids is 3. The lowest BCUT2D eigenvalue weighted by Crippen LogP contribution is -2.45. The maximum absolute atomic E-state index is 12.3. The summed E-state index contributed by atoms with van der Waals surface area (Å²) in [6.45, 7) is 0.293. The normalized spacial score (nSPS) is 16.6. The molecule has 128 valence electrons. The van der Waals surface area contributed by atoms with Crippen LogP contribution in [0.5, 0.6) is 0 Å². The van der Waals surface area contributed by atoms with Crippen LogP contribution in [0.2, 0.25) is 0 Å². The zero-order valence-corrected chi connectivity index (χ0v) is 14.8. The minimum Gasteiger partial charge on any atom is -0.312 e. The van der Waals surface area contributed by atoms with E-state index in [2.05, 4.69) is 26.8 Å². The number of nitrogens with one attached hydrogen (secondary N) is 2. The van der Waals surface area contributed by atoms with Crippen molar-refractivity contribution in [1.29, 1.82) is 0 Å². The van der Waals surface area contributed by atoms with E-state index in [1.807, 2.05) is 30.3 Å². The molecular formula is C18H16BrN3O3. The first kappa shape index (κ1) is 17.2. The molecule has 1 heterocycles. The van der Waals surface area contributed by atoms with E-state index in [0.717, 1.165) is 10.2 Å². The van der Waals surface area contributed by atoms with Crippen molar-refractivity contribution in [3.8, 4) is 0 Å². The monoisotopic (exact) mass is 401 g/mol. The molecule has 6 nitrogen and oxygen atoms in total. The SMILES string of the molecule is O=C(NNC(=O)[C@H]1CC(=O)N(c2ccccc2)C1)c1cccc(Br)c1. The van der Waals surface area contributed by atoms with Crippen molar-refractivity contribution < 1.29 is 14.4 Å². The molecule has 1 aliphatic heterocycles. The van der Waals surface area contributed by atoms with E-state index in [4.69, 9.17) is 0 Å². The van der Waals surface area contributed by atoms with Crippen molar-refractivity contribution in [1.82, 2.24) is 10.9 Å². The van der Waals surface area contributed by atoms with Gasteiger partial charge in [-0.25, -0.2) is 0 Å². The topological polar surface area (TPSA) is 78.5 Å². The van der Waals surface area contributed by atoms with Gasteiger partial charge < -0.3 is 4.90 Å². The van der Waals surface area contributed by atoms with Crippen LogP contribution in [0, 0.1) is 5.92 Å². The molecule has 2 aromatic rings. The third-order valence-electron chi connectivity index (χ3n) is 3.95. The maximum Gasteiger partial charge on any atom is 0.269 e. The molecule has 2 N–H and O–H groups in total. The lowest BCUT2D eigenvalue weighted by molar-refractivity contribution is -0.126. The third-order valence-corrected chi connectivity index (χ3v) is 4.44. The van der Waals surface area contributed by atoms with Crippen LogP contribution in [0.15, 0.2) is 59.1 Å². The first-order valence-corrected chi connectivity index (χ1v) is 8.55. The van der Waals surface area contributed by atoms with E-state index in [1.54, 1.807) is 29.2 Å². The highest BCUT2D eigenvalue weighted by atomic mass is 79.9. The Hall–Kier alpha value is -2.67. The largest absolute Gasteiger partial charge is 0.312 e. The number of benzene rings is 2. The minimum atomic E-state index is -0.504. The summed E-state index contributed by atoms with van der Waals surface area (Å²) < 4.78 is 0.770. The van der Waals surface area contributed by atoms with Gasteiger partial charge in [0.25, 0.3) is 5.91 Å². The first-order chi connectivity index (χ1) is 12.0. The number of amides is 3. The van der Waals surface area contributed by atoms with E-state index in [-0.39, 0.29) is 18.2 Å². The summed E-state index contributed by atoms with van der Waals surface area (Å²) in [5, 5.41) is 0. The number of nitrogens with zero attached hydrogens (tertiary/aromatic N) is 1. The van der Waals surface area contributed by atoms with Crippen molar-refractivity contribution in [3.63, 3.8) is 0 Å². The van der Waals surface area contributed by atoms with Crippen molar-refractivity contribution in [2.24, 2.45) is 5.92 Å². The van der Waals surface area contributed by atoms with Gasteiger partial charge in [-0.1, -0.05) is 40.2 Å². The van der Waals surface area contributed by atoms with E-state index in [1.165, 1.54) is 0 Å². The molecule has 0 spiro atoms. The Bertz CT molecular complexity index is 810. The number of hydrogen-bond acceptors (Lipinski definition) is 3. The van der Waals surface area contributed by atoms with Gasteiger partial charge in [-0.05, 0) is 30.3 Å². The second-order valence-corrected chi connectivity index (χ2v) is 6.61. The molecular weight excluding hydrogens is 386 g/mol. The maximum atomic E-state index is 12.3. The van der Waals surface area contributed by atoms with Crippen molar-refractivity contribution in [2.75, 3.05) is 11.4 Å². The van der Waals surface area contributed by atoms with E-state index in [9.17, 15) is 14.4 Å². The molecule has 1 atom stereocenters. The van der Waals surface area contributed by atoms with Gasteiger partial charge in [0.15, 0.2) is 0 Å². The Morgan fingerprint density at radius 2 is 1.80 bits per heavy atom. The lowest BCUT2D eigenvalue weighted by atomic mass is 10.1. The standard InChI is InChI=1S/C18H16BrN3O3/c19-14-6-4-5-12(9-14)17(24)20-21-18(25)13-10-16(23)22(11-13)15-7-2-1-3-8-15/h1-9,13H,10-11H2,(H,20,24)(H,21,25)/t13-/m0/s1. The highest BCUT2D eigenvalue weighted by Crippen LogP contribution is 2.24. The number of para-hydroxylation sites is 1. The minimum absolute atomic E-state index is 0.107. The fraction of sp³-hybridized carbons (Fsp3) is 0.167. The molecule has 3 rings (SSSR count). The van der Waals surface area contributed by atoms with Crippen LogP contribution in [0.3, 0.4) is 0 Å². The van der Waals surface area contributed by atoms with Gasteiger partial charge in [0, 0.05) is 28.7 Å². The number of halogens is 1. The molecule has 0 aromatic heterocycles. The van der Waals surface area contributed by atoms with Gasteiger partial charge in [-0.3, -0.25) is 25.2 Å². The van der Waals surface area contributed by atoms with Crippen LogP contribution in [-0.2, 0) is 9.59 Å².